The van der Waals surface area contributed by atoms with E-state index >= 15 is 0 Å². The van der Waals surface area contributed by atoms with Gasteiger partial charge in [-0.25, -0.2) is 14.8 Å². The molecule has 5 heteroatoms. The summed E-state index contributed by atoms with van der Waals surface area (Å²) in [6.45, 7) is 4.39. The van der Waals surface area contributed by atoms with Gasteiger partial charge in [0.1, 0.15) is 5.82 Å². The summed E-state index contributed by atoms with van der Waals surface area (Å²) in [7, 11) is 0. The van der Waals surface area contributed by atoms with Crippen molar-refractivity contribution in [2.24, 2.45) is 5.92 Å². The van der Waals surface area contributed by atoms with Crippen LogP contribution < -0.4 is 5.32 Å². The first-order valence-electron chi connectivity index (χ1n) is 6.95. The van der Waals surface area contributed by atoms with E-state index < -0.39 is 5.97 Å². The second-order valence-corrected chi connectivity index (χ2v) is 5.09. The number of hydrogen-bond donors (Lipinski definition) is 1. The maximum Gasteiger partial charge on any atom is 0.376 e. The van der Waals surface area contributed by atoms with E-state index in [0.29, 0.717) is 18.5 Å². The predicted octanol–water partition coefficient (Wildman–Crippen LogP) is 2.64. The highest BCUT2D eigenvalue weighted by Crippen LogP contribution is 2.25. The van der Waals surface area contributed by atoms with Crippen molar-refractivity contribution in [3.05, 3.63) is 18.1 Å². The first-order valence-corrected chi connectivity index (χ1v) is 6.95. The third-order valence-corrected chi connectivity index (χ3v) is 3.48. The number of nitrogens with zero attached hydrogens (tertiary/aromatic N) is 2. The fraction of sp³-hybridized carbons (Fsp3) is 0.643. The van der Waals surface area contributed by atoms with Crippen molar-refractivity contribution in [1.82, 2.24) is 9.97 Å². The SMILES string of the molecule is CCOC(=O)c1nccc(NC2CCC(C)CC2)n1. The first-order chi connectivity index (χ1) is 9.19. The van der Waals surface area contributed by atoms with Gasteiger partial charge in [0.2, 0.25) is 5.82 Å². The molecule has 104 valence electrons. The van der Waals surface area contributed by atoms with E-state index in [1.807, 2.05) is 0 Å². The molecule has 1 aliphatic rings. The number of aromatic nitrogens is 2. The number of hydrogen-bond acceptors (Lipinski definition) is 5. The Morgan fingerprint density at radius 3 is 2.84 bits per heavy atom. The normalized spacial score (nSPS) is 22.8. The Balaban J connectivity index is 1.97. The molecule has 0 atom stereocenters. The smallest absolute Gasteiger partial charge is 0.376 e. The number of esters is 1. The summed E-state index contributed by atoms with van der Waals surface area (Å²) in [5.74, 6) is 1.18. The molecule has 0 unspecified atom stereocenters. The summed E-state index contributed by atoms with van der Waals surface area (Å²) >= 11 is 0. The van der Waals surface area contributed by atoms with Gasteiger partial charge < -0.3 is 10.1 Å². The molecule has 0 amide bonds. The summed E-state index contributed by atoms with van der Waals surface area (Å²) in [4.78, 5) is 19.7. The minimum Gasteiger partial charge on any atom is -0.460 e. The summed E-state index contributed by atoms with van der Waals surface area (Å²) in [5, 5.41) is 3.38. The molecule has 2 rings (SSSR count). The Kier molecular flexibility index (Phi) is 4.71. The Morgan fingerprint density at radius 1 is 1.42 bits per heavy atom. The van der Waals surface area contributed by atoms with Crippen LogP contribution in [0.25, 0.3) is 0 Å². The summed E-state index contributed by atoms with van der Waals surface area (Å²) in [5.41, 5.74) is 0. The average Bonchev–Trinajstić information content (AvgIpc) is 2.42. The van der Waals surface area contributed by atoms with Gasteiger partial charge in [0.25, 0.3) is 0 Å². The highest BCUT2D eigenvalue weighted by molar-refractivity contribution is 5.85. The van der Waals surface area contributed by atoms with Crippen molar-refractivity contribution < 1.29 is 9.53 Å². The lowest BCUT2D eigenvalue weighted by molar-refractivity contribution is 0.0512. The lowest BCUT2D eigenvalue weighted by Gasteiger charge is -2.27. The van der Waals surface area contributed by atoms with Crippen LogP contribution in [0.15, 0.2) is 12.3 Å². The zero-order valence-electron chi connectivity index (χ0n) is 11.6. The van der Waals surface area contributed by atoms with Gasteiger partial charge in [0, 0.05) is 12.2 Å². The van der Waals surface area contributed by atoms with Gasteiger partial charge in [-0.1, -0.05) is 6.92 Å². The quantitative estimate of drug-likeness (QED) is 0.846. The Hall–Kier alpha value is -1.65. The second kappa shape index (κ2) is 6.50. The molecule has 0 bridgehead atoms. The van der Waals surface area contributed by atoms with Crippen LogP contribution in [-0.4, -0.2) is 28.6 Å². The van der Waals surface area contributed by atoms with Crippen LogP contribution in [0, 0.1) is 5.92 Å². The van der Waals surface area contributed by atoms with Gasteiger partial charge in [-0.05, 0) is 44.6 Å². The van der Waals surface area contributed by atoms with Crippen LogP contribution >= 0.6 is 0 Å². The van der Waals surface area contributed by atoms with Gasteiger partial charge in [0.05, 0.1) is 6.61 Å². The maximum absolute atomic E-state index is 11.6. The number of anilines is 1. The molecular formula is C14H21N3O2. The summed E-state index contributed by atoms with van der Waals surface area (Å²) in [6.07, 6.45) is 6.38. The molecule has 1 aromatic rings. The molecule has 19 heavy (non-hydrogen) atoms. The van der Waals surface area contributed by atoms with Crippen molar-refractivity contribution in [2.45, 2.75) is 45.6 Å². The van der Waals surface area contributed by atoms with Gasteiger partial charge >= 0.3 is 5.97 Å². The van der Waals surface area contributed by atoms with E-state index in [-0.39, 0.29) is 5.82 Å². The zero-order chi connectivity index (χ0) is 13.7. The van der Waals surface area contributed by atoms with Gasteiger partial charge in [-0.15, -0.1) is 0 Å². The van der Waals surface area contributed by atoms with Crippen molar-refractivity contribution in [1.29, 1.82) is 0 Å². The Bertz CT molecular complexity index is 428. The number of ether oxygens (including phenoxy) is 1. The van der Waals surface area contributed by atoms with Crippen LogP contribution in [0.2, 0.25) is 0 Å². The van der Waals surface area contributed by atoms with Crippen molar-refractivity contribution in [3.63, 3.8) is 0 Å². The molecule has 0 radical (unpaired) electrons. The maximum atomic E-state index is 11.6. The largest absolute Gasteiger partial charge is 0.460 e. The van der Waals surface area contributed by atoms with Crippen LogP contribution in [0.4, 0.5) is 5.82 Å². The van der Waals surface area contributed by atoms with Gasteiger partial charge in [0.15, 0.2) is 0 Å². The van der Waals surface area contributed by atoms with Crippen LogP contribution in [0.5, 0.6) is 0 Å². The van der Waals surface area contributed by atoms with Crippen molar-refractivity contribution >= 4 is 11.8 Å². The van der Waals surface area contributed by atoms with E-state index in [4.69, 9.17) is 4.74 Å². The molecule has 0 saturated heterocycles. The van der Waals surface area contributed by atoms with E-state index in [0.717, 1.165) is 18.8 Å². The fourth-order valence-electron chi connectivity index (χ4n) is 2.35. The monoisotopic (exact) mass is 263 g/mol. The van der Waals surface area contributed by atoms with E-state index in [1.54, 1.807) is 19.2 Å². The highest BCUT2D eigenvalue weighted by atomic mass is 16.5. The standard InChI is InChI=1S/C14H21N3O2/c1-3-19-14(18)13-15-9-8-12(17-13)16-11-6-4-10(2)5-7-11/h8-11H,3-7H2,1-2H3,(H,15,16,17). The first kappa shape index (κ1) is 13.8. The molecule has 0 aliphatic heterocycles. The predicted molar refractivity (Wildman–Crippen MR) is 73.0 cm³/mol. The molecule has 5 nitrogen and oxygen atoms in total. The number of nitrogens with one attached hydrogen (secondary N) is 1. The Labute approximate surface area is 113 Å². The van der Waals surface area contributed by atoms with Gasteiger partial charge in [-0.3, -0.25) is 0 Å². The highest BCUT2D eigenvalue weighted by Gasteiger charge is 2.19. The summed E-state index contributed by atoms with van der Waals surface area (Å²) < 4.78 is 4.90. The molecule has 1 aromatic heterocycles. The molecule has 1 aliphatic carbocycles. The lowest BCUT2D eigenvalue weighted by Crippen LogP contribution is -2.26. The molecule has 1 fully saturated rings. The molecular weight excluding hydrogens is 242 g/mol. The van der Waals surface area contributed by atoms with Crippen LogP contribution in [-0.2, 0) is 4.74 Å². The van der Waals surface area contributed by atoms with Gasteiger partial charge in [-0.2, -0.15) is 0 Å². The zero-order valence-corrected chi connectivity index (χ0v) is 11.6. The summed E-state index contributed by atoms with van der Waals surface area (Å²) in [6, 6.07) is 2.24. The van der Waals surface area contributed by atoms with E-state index in [1.165, 1.54) is 12.8 Å². The van der Waals surface area contributed by atoms with Crippen molar-refractivity contribution in [3.8, 4) is 0 Å². The second-order valence-electron chi connectivity index (χ2n) is 5.09. The average molecular weight is 263 g/mol. The van der Waals surface area contributed by atoms with Crippen LogP contribution in [0.1, 0.15) is 50.1 Å². The van der Waals surface area contributed by atoms with E-state index in [2.05, 4.69) is 22.2 Å². The minimum atomic E-state index is -0.469. The third kappa shape index (κ3) is 3.91. The van der Waals surface area contributed by atoms with E-state index in [9.17, 15) is 4.79 Å². The van der Waals surface area contributed by atoms with Crippen LogP contribution in [0.3, 0.4) is 0 Å². The molecule has 0 aromatic carbocycles. The molecule has 1 heterocycles. The molecule has 0 spiro atoms. The topological polar surface area (TPSA) is 64.1 Å². The Morgan fingerprint density at radius 2 is 2.16 bits per heavy atom. The molecule has 1 saturated carbocycles. The number of rotatable bonds is 4. The number of carbonyl (C=O) groups excluding carboxylic acids is 1. The number of carbonyl (C=O) groups is 1. The molecule has 1 N–H and O–H groups in total. The fourth-order valence-corrected chi connectivity index (χ4v) is 2.35. The van der Waals surface area contributed by atoms with Crippen molar-refractivity contribution in [2.75, 3.05) is 11.9 Å². The minimum absolute atomic E-state index is 0.121. The lowest BCUT2D eigenvalue weighted by atomic mass is 9.87. The third-order valence-electron chi connectivity index (χ3n) is 3.48.